The van der Waals surface area contributed by atoms with Crippen molar-refractivity contribution in [2.45, 2.75) is 26.8 Å². The number of carboxylic acids is 1. The average molecular weight is 239 g/mol. The summed E-state index contributed by atoms with van der Waals surface area (Å²) in [7, 11) is 0. The standard InChI is InChI=1S/C11H17N3O3/c1-4-13-6-8(5-12)10(15)14-9(7(2)3)11(16)17/h6-7,9,13H,4H2,1-3H3,(H,14,15)(H,16,17)/b8-6-. The highest BCUT2D eigenvalue weighted by atomic mass is 16.4. The Morgan fingerprint density at radius 3 is 2.41 bits per heavy atom. The second kappa shape index (κ2) is 7.28. The summed E-state index contributed by atoms with van der Waals surface area (Å²) in [5, 5.41) is 22.7. The Bertz CT molecular complexity index is 355. The lowest BCUT2D eigenvalue weighted by Crippen LogP contribution is -2.44. The van der Waals surface area contributed by atoms with Gasteiger partial charge in [-0.3, -0.25) is 4.79 Å². The molecule has 0 rings (SSSR count). The molecule has 6 heteroatoms. The van der Waals surface area contributed by atoms with E-state index in [9.17, 15) is 9.59 Å². The Morgan fingerprint density at radius 2 is 2.06 bits per heavy atom. The van der Waals surface area contributed by atoms with Gasteiger partial charge in [-0.25, -0.2) is 4.79 Å². The quantitative estimate of drug-likeness (QED) is 0.455. The van der Waals surface area contributed by atoms with Gasteiger partial charge in [-0.15, -0.1) is 0 Å². The molecule has 1 atom stereocenters. The molecular formula is C11H17N3O3. The fourth-order valence-electron chi connectivity index (χ4n) is 1.09. The molecule has 0 aliphatic rings. The Labute approximate surface area is 100 Å². The molecule has 0 aromatic carbocycles. The van der Waals surface area contributed by atoms with E-state index in [2.05, 4.69) is 10.6 Å². The molecule has 6 nitrogen and oxygen atoms in total. The van der Waals surface area contributed by atoms with Gasteiger partial charge in [0.2, 0.25) is 0 Å². The summed E-state index contributed by atoms with van der Waals surface area (Å²) in [6.45, 7) is 5.75. The van der Waals surface area contributed by atoms with Crippen molar-refractivity contribution in [3.8, 4) is 6.07 Å². The minimum absolute atomic E-state index is 0.140. The van der Waals surface area contributed by atoms with Crippen molar-refractivity contribution in [2.24, 2.45) is 5.92 Å². The molecule has 0 saturated heterocycles. The summed E-state index contributed by atoms with van der Waals surface area (Å²) in [4.78, 5) is 22.5. The van der Waals surface area contributed by atoms with Crippen LogP contribution in [0.25, 0.3) is 0 Å². The van der Waals surface area contributed by atoms with Gasteiger partial charge in [0.05, 0.1) is 0 Å². The van der Waals surface area contributed by atoms with Gasteiger partial charge >= 0.3 is 5.97 Å². The molecule has 0 spiro atoms. The van der Waals surface area contributed by atoms with E-state index in [1.54, 1.807) is 19.9 Å². The van der Waals surface area contributed by atoms with E-state index in [0.717, 1.165) is 0 Å². The number of rotatable bonds is 6. The van der Waals surface area contributed by atoms with Crippen LogP contribution in [0.4, 0.5) is 0 Å². The first-order valence-corrected chi connectivity index (χ1v) is 5.31. The highest BCUT2D eigenvalue weighted by molar-refractivity contribution is 5.99. The van der Waals surface area contributed by atoms with Crippen molar-refractivity contribution in [2.75, 3.05) is 6.54 Å². The van der Waals surface area contributed by atoms with Crippen LogP contribution in [0.5, 0.6) is 0 Å². The fraction of sp³-hybridized carbons (Fsp3) is 0.545. The molecule has 0 aliphatic heterocycles. The van der Waals surface area contributed by atoms with E-state index in [1.165, 1.54) is 6.20 Å². The van der Waals surface area contributed by atoms with Crippen molar-refractivity contribution in [1.29, 1.82) is 5.26 Å². The van der Waals surface area contributed by atoms with E-state index < -0.39 is 17.9 Å². The molecule has 0 saturated carbocycles. The molecule has 17 heavy (non-hydrogen) atoms. The van der Waals surface area contributed by atoms with Crippen molar-refractivity contribution in [3.05, 3.63) is 11.8 Å². The van der Waals surface area contributed by atoms with Crippen LogP contribution in [0.2, 0.25) is 0 Å². The topological polar surface area (TPSA) is 102 Å². The number of carbonyl (C=O) groups excluding carboxylic acids is 1. The van der Waals surface area contributed by atoms with Gasteiger partial charge < -0.3 is 15.7 Å². The number of hydrogen-bond donors (Lipinski definition) is 3. The molecular weight excluding hydrogens is 222 g/mol. The average Bonchev–Trinajstić information content (AvgIpc) is 2.26. The van der Waals surface area contributed by atoms with Gasteiger partial charge in [-0.05, 0) is 12.8 Å². The van der Waals surface area contributed by atoms with Crippen LogP contribution < -0.4 is 10.6 Å². The molecule has 0 bridgehead atoms. The molecule has 3 N–H and O–H groups in total. The lowest BCUT2D eigenvalue weighted by Gasteiger charge is -2.17. The maximum atomic E-state index is 11.6. The Morgan fingerprint density at radius 1 is 1.47 bits per heavy atom. The molecule has 0 aromatic rings. The number of hydrogen-bond acceptors (Lipinski definition) is 4. The third kappa shape index (κ3) is 5.02. The zero-order valence-electron chi connectivity index (χ0n) is 10.2. The zero-order valence-corrected chi connectivity index (χ0v) is 10.2. The number of carboxylic acid groups (broad SMARTS) is 1. The zero-order chi connectivity index (χ0) is 13.4. The summed E-state index contributed by atoms with van der Waals surface area (Å²) in [6.07, 6.45) is 1.27. The molecule has 0 heterocycles. The molecule has 94 valence electrons. The van der Waals surface area contributed by atoms with Crippen molar-refractivity contribution >= 4 is 11.9 Å². The number of nitrogens with one attached hydrogen (secondary N) is 2. The van der Waals surface area contributed by atoms with Crippen LogP contribution in [0, 0.1) is 17.2 Å². The molecule has 0 radical (unpaired) electrons. The molecule has 0 fully saturated rings. The van der Waals surface area contributed by atoms with Crippen LogP contribution in [0.1, 0.15) is 20.8 Å². The van der Waals surface area contributed by atoms with Crippen molar-refractivity contribution in [1.82, 2.24) is 10.6 Å². The summed E-state index contributed by atoms with van der Waals surface area (Å²) in [6, 6.07) is 0.714. The number of carbonyl (C=O) groups is 2. The predicted octanol–water partition coefficient (Wildman–Crippen LogP) is 0.229. The van der Waals surface area contributed by atoms with Gasteiger partial charge in [0.25, 0.3) is 5.91 Å². The maximum Gasteiger partial charge on any atom is 0.326 e. The summed E-state index contributed by atoms with van der Waals surface area (Å²) in [5.74, 6) is -2.06. The number of nitrogens with zero attached hydrogens (tertiary/aromatic N) is 1. The van der Waals surface area contributed by atoms with Gasteiger partial charge in [0, 0.05) is 12.7 Å². The van der Waals surface area contributed by atoms with Crippen LogP contribution in [-0.4, -0.2) is 29.6 Å². The Balaban J connectivity index is 4.71. The second-order valence-electron chi connectivity index (χ2n) is 3.76. The molecule has 1 unspecified atom stereocenters. The van der Waals surface area contributed by atoms with E-state index in [4.69, 9.17) is 10.4 Å². The SMILES string of the molecule is CCN/C=C(/C#N)C(=O)NC(C(=O)O)C(C)C. The Hall–Kier alpha value is -2.03. The first-order valence-electron chi connectivity index (χ1n) is 5.31. The summed E-state index contributed by atoms with van der Waals surface area (Å²) < 4.78 is 0. The van der Waals surface area contributed by atoms with Crippen LogP contribution in [0.3, 0.4) is 0 Å². The van der Waals surface area contributed by atoms with E-state index >= 15 is 0 Å². The van der Waals surface area contributed by atoms with E-state index in [0.29, 0.717) is 6.54 Å². The Kier molecular flexibility index (Phi) is 6.41. The van der Waals surface area contributed by atoms with Gasteiger partial charge in [-0.1, -0.05) is 13.8 Å². The monoisotopic (exact) mass is 239 g/mol. The fourth-order valence-corrected chi connectivity index (χ4v) is 1.09. The predicted molar refractivity (Wildman–Crippen MR) is 61.8 cm³/mol. The van der Waals surface area contributed by atoms with Crippen molar-refractivity contribution < 1.29 is 14.7 Å². The van der Waals surface area contributed by atoms with Crippen molar-refractivity contribution in [3.63, 3.8) is 0 Å². The van der Waals surface area contributed by atoms with Gasteiger partial charge in [0.1, 0.15) is 17.7 Å². The highest BCUT2D eigenvalue weighted by Crippen LogP contribution is 2.03. The molecule has 0 aliphatic carbocycles. The summed E-state index contributed by atoms with van der Waals surface area (Å²) in [5.41, 5.74) is -0.140. The molecule has 1 amide bonds. The van der Waals surface area contributed by atoms with E-state index in [1.807, 2.05) is 6.92 Å². The smallest absolute Gasteiger partial charge is 0.326 e. The molecule has 0 aromatic heterocycles. The third-order valence-corrected chi connectivity index (χ3v) is 2.03. The van der Waals surface area contributed by atoms with Crippen LogP contribution in [0.15, 0.2) is 11.8 Å². The van der Waals surface area contributed by atoms with Crippen LogP contribution in [-0.2, 0) is 9.59 Å². The number of amides is 1. The van der Waals surface area contributed by atoms with E-state index in [-0.39, 0.29) is 11.5 Å². The first kappa shape index (κ1) is 15.0. The lowest BCUT2D eigenvalue weighted by molar-refractivity contribution is -0.142. The number of aliphatic carboxylic acids is 1. The summed E-state index contributed by atoms with van der Waals surface area (Å²) >= 11 is 0. The highest BCUT2D eigenvalue weighted by Gasteiger charge is 2.24. The normalized spacial score (nSPS) is 12.8. The van der Waals surface area contributed by atoms with Crippen LogP contribution >= 0.6 is 0 Å². The minimum atomic E-state index is -1.12. The van der Waals surface area contributed by atoms with Gasteiger partial charge in [0.15, 0.2) is 0 Å². The lowest BCUT2D eigenvalue weighted by atomic mass is 10.0. The second-order valence-corrected chi connectivity index (χ2v) is 3.76. The largest absolute Gasteiger partial charge is 0.480 e. The maximum absolute atomic E-state index is 11.6. The minimum Gasteiger partial charge on any atom is -0.480 e. The van der Waals surface area contributed by atoms with Gasteiger partial charge in [-0.2, -0.15) is 5.26 Å². The first-order chi connectivity index (χ1) is 7.93. The number of nitriles is 1. The third-order valence-electron chi connectivity index (χ3n) is 2.03.